The van der Waals surface area contributed by atoms with Crippen LogP contribution in [0.5, 0.6) is 11.6 Å². The topological polar surface area (TPSA) is 127 Å². The fourth-order valence-corrected chi connectivity index (χ4v) is 10.9. The van der Waals surface area contributed by atoms with Crippen LogP contribution in [0.3, 0.4) is 0 Å². The first-order valence-corrected chi connectivity index (χ1v) is 20.8. The lowest BCUT2D eigenvalue weighted by atomic mass is 9.69. The molecule has 0 radical (unpaired) electrons. The van der Waals surface area contributed by atoms with Crippen molar-refractivity contribution in [3.63, 3.8) is 0 Å². The number of piperidine rings is 1. The van der Waals surface area contributed by atoms with E-state index in [4.69, 9.17) is 4.74 Å². The van der Waals surface area contributed by atoms with Gasteiger partial charge in [-0.2, -0.15) is 0 Å². The molecule has 1 unspecified atom stereocenters. The molecule has 3 saturated heterocycles. The number of ether oxygens (including phenoxy) is 1. The first-order valence-electron chi connectivity index (χ1n) is 20.8. The summed E-state index contributed by atoms with van der Waals surface area (Å²) in [4.78, 5) is 48.6. The number of phenolic OH excluding ortho intramolecular Hbond substituents is 1. The molecule has 10 rings (SSSR count). The average Bonchev–Trinajstić information content (AvgIpc) is 3.65. The van der Waals surface area contributed by atoms with Gasteiger partial charge in [0.2, 0.25) is 17.7 Å². The van der Waals surface area contributed by atoms with Crippen molar-refractivity contribution in [2.75, 3.05) is 55.7 Å². The number of piperazine rings is 1. The SMILES string of the molecule is O=C1CC[C@H](NC(=O)c2ccc3c(n2)OC[C@H]2CN(CC4CCC5(C4)CN(c4ccc([C@@H]6c7ccc(O)cc7CC[C@@H]6c6ccccc6)cc4)C5)CCN32)C(=O)N1. The second kappa shape index (κ2) is 14.5. The van der Waals surface area contributed by atoms with Gasteiger partial charge in [-0.3, -0.25) is 24.6 Å². The predicted octanol–water partition coefficient (Wildman–Crippen LogP) is 5.37. The molecule has 5 heterocycles. The van der Waals surface area contributed by atoms with Crippen LogP contribution in [0.1, 0.15) is 83.1 Å². The van der Waals surface area contributed by atoms with Crippen molar-refractivity contribution in [3.05, 3.63) is 113 Å². The van der Waals surface area contributed by atoms with Crippen LogP contribution in [0, 0.1) is 11.3 Å². The third-order valence-electron chi connectivity index (χ3n) is 13.7. The highest BCUT2D eigenvalue weighted by Crippen LogP contribution is 2.51. The molecule has 294 valence electrons. The number of nitrogens with one attached hydrogen (secondary N) is 2. The van der Waals surface area contributed by atoms with Crippen molar-refractivity contribution >= 4 is 29.1 Å². The van der Waals surface area contributed by atoms with Gasteiger partial charge in [-0.05, 0) is 109 Å². The molecule has 0 bridgehead atoms. The summed E-state index contributed by atoms with van der Waals surface area (Å²) >= 11 is 0. The molecule has 3 aromatic carbocycles. The summed E-state index contributed by atoms with van der Waals surface area (Å²) in [6, 6.07) is 29.3. The van der Waals surface area contributed by atoms with Gasteiger partial charge in [-0.1, -0.05) is 48.5 Å². The highest BCUT2D eigenvalue weighted by molar-refractivity contribution is 6.03. The van der Waals surface area contributed by atoms with Crippen LogP contribution >= 0.6 is 0 Å². The number of hydrogen-bond acceptors (Lipinski definition) is 9. The van der Waals surface area contributed by atoms with Crippen molar-refractivity contribution in [2.24, 2.45) is 11.3 Å². The van der Waals surface area contributed by atoms with E-state index in [1.54, 1.807) is 6.07 Å². The molecular formula is C46H50N6O5. The number of phenols is 1. The maximum absolute atomic E-state index is 12.9. The van der Waals surface area contributed by atoms with Crippen molar-refractivity contribution in [1.82, 2.24) is 20.5 Å². The van der Waals surface area contributed by atoms with E-state index in [0.29, 0.717) is 35.5 Å². The number of benzene rings is 3. The molecular weight excluding hydrogens is 717 g/mol. The Balaban J connectivity index is 0.732. The summed E-state index contributed by atoms with van der Waals surface area (Å²) < 4.78 is 6.13. The van der Waals surface area contributed by atoms with Gasteiger partial charge < -0.3 is 25.0 Å². The molecule has 1 spiro atoms. The van der Waals surface area contributed by atoms with Gasteiger partial charge in [0, 0.05) is 62.7 Å². The van der Waals surface area contributed by atoms with E-state index in [1.165, 1.54) is 47.2 Å². The molecule has 1 saturated carbocycles. The normalized spacial score (nSPS) is 26.4. The van der Waals surface area contributed by atoms with Crippen LogP contribution in [0.2, 0.25) is 0 Å². The second-order valence-electron chi connectivity index (χ2n) is 17.4. The van der Waals surface area contributed by atoms with E-state index in [0.717, 1.165) is 57.8 Å². The van der Waals surface area contributed by atoms with Crippen LogP contribution in [0.4, 0.5) is 11.4 Å². The van der Waals surface area contributed by atoms with Gasteiger partial charge in [-0.15, -0.1) is 0 Å². The average molecular weight is 767 g/mol. The first kappa shape index (κ1) is 36.0. The fourth-order valence-electron chi connectivity index (χ4n) is 10.9. The number of carbonyl (C=O) groups is 3. The third-order valence-corrected chi connectivity index (χ3v) is 13.7. The smallest absolute Gasteiger partial charge is 0.270 e. The summed E-state index contributed by atoms with van der Waals surface area (Å²) in [5.41, 5.74) is 8.16. The Kier molecular flexibility index (Phi) is 9.15. The Morgan fingerprint density at radius 3 is 2.60 bits per heavy atom. The van der Waals surface area contributed by atoms with Crippen LogP contribution in [0.25, 0.3) is 0 Å². The highest BCUT2D eigenvalue weighted by Gasteiger charge is 2.48. The number of hydrogen-bond donors (Lipinski definition) is 3. The van der Waals surface area contributed by atoms with E-state index in [-0.39, 0.29) is 36.4 Å². The number of aromatic nitrogens is 1. The number of fused-ring (bicyclic) bond motifs is 4. The van der Waals surface area contributed by atoms with Gasteiger partial charge in [0.15, 0.2) is 0 Å². The molecule has 4 fully saturated rings. The Morgan fingerprint density at radius 2 is 1.77 bits per heavy atom. The maximum Gasteiger partial charge on any atom is 0.270 e. The molecule has 1 aromatic heterocycles. The molecule has 3 N–H and O–H groups in total. The lowest BCUT2D eigenvalue weighted by molar-refractivity contribution is -0.134. The fraction of sp³-hybridized carbons (Fsp3) is 0.435. The van der Waals surface area contributed by atoms with Crippen molar-refractivity contribution < 1.29 is 24.2 Å². The molecule has 11 heteroatoms. The van der Waals surface area contributed by atoms with Gasteiger partial charge in [-0.25, -0.2) is 4.98 Å². The Labute approximate surface area is 333 Å². The van der Waals surface area contributed by atoms with E-state index >= 15 is 0 Å². The van der Waals surface area contributed by atoms with Gasteiger partial charge in [0.05, 0.1) is 6.04 Å². The molecule has 57 heavy (non-hydrogen) atoms. The molecule has 2 aliphatic carbocycles. The molecule has 4 aliphatic heterocycles. The molecule has 4 aromatic rings. The Hall–Kier alpha value is -5.42. The van der Waals surface area contributed by atoms with E-state index in [1.807, 2.05) is 18.2 Å². The minimum Gasteiger partial charge on any atom is -0.508 e. The number of anilines is 2. The Morgan fingerprint density at radius 1 is 0.930 bits per heavy atom. The van der Waals surface area contributed by atoms with Crippen LogP contribution in [-0.4, -0.2) is 90.7 Å². The predicted molar refractivity (Wildman–Crippen MR) is 217 cm³/mol. The monoisotopic (exact) mass is 766 g/mol. The molecule has 6 aliphatic rings. The molecule has 3 amide bonds. The van der Waals surface area contributed by atoms with Crippen LogP contribution in [-0.2, 0) is 16.0 Å². The van der Waals surface area contributed by atoms with Gasteiger partial charge >= 0.3 is 0 Å². The Bertz CT molecular complexity index is 2190. The second-order valence-corrected chi connectivity index (χ2v) is 17.4. The highest BCUT2D eigenvalue weighted by atomic mass is 16.5. The number of nitrogens with zero attached hydrogens (tertiary/aromatic N) is 4. The summed E-state index contributed by atoms with van der Waals surface area (Å²) in [6.45, 7) is 6.69. The lowest BCUT2D eigenvalue weighted by Crippen LogP contribution is -2.58. The summed E-state index contributed by atoms with van der Waals surface area (Å²) in [5.74, 6) is 0.911. The maximum atomic E-state index is 12.9. The molecule has 5 atom stereocenters. The number of aryl methyl sites for hydroxylation is 1. The number of carbonyl (C=O) groups excluding carboxylic acids is 3. The largest absolute Gasteiger partial charge is 0.508 e. The van der Waals surface area contributed by atoms with Crippen LogP contribution < -0.4 is 25.2 Å². The number of imide groups is 1. The van der Waals surface area contributed by atoms with E-state index in [9.17, 15) is 19.5 Å². The van der Waals surface area contributed by atoms with E-state index in [2.05, 4.69) is 91.0 Å². The first-order chi connectivity index (χ1) is 27.8. The quantitative estimate of drug-likeness (QED) is 0.213. The van der Waals surface area contributed by atoms with Gasteiger partial charge in [0.25, 0.3) is 5.91 Å². The van der Waals surface area contributed by atoms with Crippen molar-refractivity contribution in [3.8, 4) is 11.6 Å². The summed E-state index contributed by atoms with van der Waals surface area (Å²) in [5, 5.41) is 15.2. The number of rotatable bonds is 7. The lowest BCUT2D eigenvalue weighted by Gasteiger charge is -2.50. The zero-order valence-electron chi connectivity index (χ0n) is 32.2. The zero-order chi connectivity index (χ0) is 38.7. The van der Waals surface area contributed by atoms with E-state index < -0.39 is 17.9 Å². The van der Waals surface area contributed by atoms with Crippen molar-refractivity contribution in [1.29, 1.82) is 0 Å². The number of amides is 3. The summed E-state index contributed by atoms with van der Waals surface area (Å²) in [6.07, 6.45) is 6.38. The minimum absolute atomic E-state index is 0.197. The minimum atomic E-state index is -0.750. The zero-order valence-corrected chi connectivity index (χ0v) is 32.2. The standard InChI is InChI=1S/C46H50N6O5/c53-35-11-13-37-32(22-35)8-12-36(30-4-2-1-3-5-30)42(37)31-6-9-33(10-7-31)51-27-46(28-51)19-18-29(23-46)24-50-20-21-52-34(25-50)26-57-45-40(52)16-14-39(48-45)43(55)47-38-15-17-41(54)49-44(38)56/h1-7,9-11,13-14,16,22,29,34,36,38,42,53H,8,12,15,17-21,23-28H2,(H,47,55)(H,49,54,56)/t29?,34-,36-,38+,42+/m1/s1. The third kappa shape index (κ3) is 6.89. The van der Waals surface area contributed by atoms with Gasteiger partial charge in [0.1, 0.15) is 29.8 Å². The summed E-state index contributed by atoms with van der Waals surface area (Å²) in [7, 11) is 0. The number of aromatic hydroxyl groups is 1. The molecule has 11 nitrogen and oxygen atoms in total. The van der Waals surface area contributed by atoms with Crippen molar-refractivity contribution in [2.45, 2.75) is 68.9 Å². The number of pyridine rings is 1. The van der Waals surface area contributed by atoms with Crippen LogP contribution in [0.15, 0.2) is 84.9 Å².